The molecule has 3 heteroatoms. The molecule has 0 bridgehead atoms. The van der Waals surface area contributed by atoms with Crippen LogP contribution in [0.4, 0.5) is 0 Å². The maximum Gasteiger partial charge on any atom is 0.109 e. The molecule has 0 amide bonds. The van der Waals surface area contributed by atoms with Gasteiger partial charge in [0, 0.05) is 24.4 Å². The summed E-state index contributed by atoms with van der Waals surface area (Å²) in [7, 11) is 1.93. The molecule has 0 aromatic carbocycles. The van der Waals surface area contributed by atoms with Gasteiger partial charge in [0.25, 0.3) is 0 Å². The standard InChI is InChI=1S/C9H17N3/c1-4-7(2)9-11-6-8(12-9)5-10-3/h6-7,10H,4-5H2,1-3H3,(H,11,12). The molecule has 1 aromatic rings. The van der Waals surface area contributed by atoms with E-state index in [1.54, 1.807) is 0 Å². The Bertz CT molecular complexity index is 229. The predicted octanol–water partition coefficient (Wildman–Crippen LogP) is 1.64. The Morgan fingerprint density at radius 1 is 1.67 bits per heavy atom. The first-order chi connectivity index (χ1) is 5.77. The van der Waals surface area contributed by atoms with E-state index >= 15 is 0 Å². The van der Waals surface area contributed by atoms with E-state index in [9.17, 15) is 0 Å². The lowest BCUT2D eigenvalue weighted by atomic mass is 10.1. The van der Waals surface area contributed by atoms with Crippen molar-refractivity contribution in [1.82, 2.24) is 15.3 Å². The van der Waals surface area contributed by atoms with Crippen LogP contribution in [0.15, 0.2) is 6.20 Å². The molecule has 0 aliphatic carbocycles. The number of nitrogens with one attached hydrogen (secondary N) is 2. The number of hydrogen-bond acceptors (Lipinski definition) is 2. The van der Waals surface area contributed by atoms with Crippen molar-refractivity contribution in [2.75, 3.05) is 7.05 Å². The van der Waals surface area contributed by atoms with Gasteiger partial charge in [-0.2, -0.15) is 0 Å². The van der Waals surface area contributed by atoms with Crippen molar-refractivity contribution in [3.8, 4) is 0 Å². The van der Waals surface area contributed by atoms with Crippen LogP contribution in [0.3, 0.4) is 0 Å². The number of nitrogens with zero attached hydrogens (tertiary/aromatic N) is 1. The lowest BCUT2D eigenvalue weighted by Gasteiger charge is -2.02. The number of rotatable bonds is 4. The quantitative estimate of drug-likeness (QED) is 0.715. The molecule has 1 atom stereocenters. The summed E-state index contributed by atoms with van der Waals surface area (Å²) < 4.78 is 0. The Morgan fingerprint density at radius 2 is 2.42 bits per heavy atom. The van der Waals surface area contributed by atoms with Crippen LogP contribution in [-0.2, 0) is 6.54 Å². The van der Waals surface area contributed by atoms with Crippen LogP contribution in [0.1, 0.15) is 37.7 Å². The third kappa shape index (κ3) is 2.08. The first kappa shape index (κ1) is 9.26. The van der Waals surface area contributed by atoms with Gasteiger partial charge < -0.3 is 10.3 Å². The van der Waals surface area contributed by atoms with Crippen molar-refractivity contribution in [3.05, 3.63) is 17.7 Å². The number of H-pyrrole nitrogens is 1. The second-order valence-corrected chi connectivity index (χ2v) is 3.13. The molecule has 0 spiro atoms. The van der Waals surface area contributed by atoms with Crippen LogP contribution in [0.2, 0.25) is 0 Å². The summed E-state index contributed by atoms with van der Waals surface area (Å²) in [5.41, 5.74) is 1.16. The van der Waals surface area contributed by atoms with Crippen molar-refractivity contribution >= 4 is 0 Å². The zero-order valence-corrected chi connectivity index (χ0v) is 8.02. The molecule has 1 aromatic heterocycles. The zero-order valence-electron chi connectivity index (χ0n) is 8.02. The van der Waals surface area contributed by atoms with Gasteiger partial charge >= 0.3 is 0 Å². The van der Waals surface area contributed by atoms with Crippen LogP contribution in [-0.4, -0.2) is 17.0 Å². The van der Waals surface area contributed by atoms with E-state index in [1.807, 2.05) is 13.2 Å². The molecule has 0 radical (unpaired) electrons. The summed E-state index contributed by atoms with van der Waals surface area (Å²) in [6.45, 7) is 5.22. The van der Waals surface area contributed by atoms with Gasteiger partial charge in [0.15, 0.2) is 0 Å². The summed E-state index contributed by atoms with van der Waals surface area (Å²) in [5.74, 6) is 1.64. The highest BCUT2D eigenvalue weighted by Crippen LogP contribution is 2.14. The van der Waals surface area contributed by atoms with Gasteiger partial charge in [-0.1, -0.05) is 13.8 Å². The summed E-state index contributed by atoms with van der Waals surface area (Å²) >= 11 is 0. The largest absolute Gasteiger partial charge is 0.345 e. The Morgan fingerprint density at radius 3 is 3.00 bits per heavy atom. The predicted molar refractivity (Wildman–Crippen MR) is 50.1 cm³/mol. The molecule has 0 aliphatic rings. The molecule has 12 heavy (non-hydrogen) atoms. The molecule has 2 N–H and O–H groups in total. The summed E-state index contributed by atoms with van der Waals surface area (Å²) in [6.07, 6.45) is 3.03. The molecule has 68 valence electrons. The van der Waals surface area contributed by atoms with Gasteiger partial charge in [0.1, 0.15) is 5.82 Å². The van der Waals surface area contributed by atoms with Gasteiger partial charge in [0.2, 0.25) is 0 Å². The molecule has 0 aliphatic heterocycles. The van der Waals surface area contributed by atoms with Crippen LogP contribution in [0, 0.1) is 0 Å². The Hall–Kier alpha value is -0.830. The average Bonchev–Trinajstić information content (AvgIpc) is 2.52. The average molecular weight is 167 g/mol. The molecule has 0 saturated heterocycles. The van der Waals surface area contributed by atoms with Crippen molar-refractivity contribution in [3.63, 3.8) is 0 Å². The van der Waals surface area contributed by atoms with Gasteiger partial charge in [-0.05, 0) is 13.5 Å². The lowest BCUT2D eigenvalue weighted by molar-refractivity contribution is 0.683. The Labute approximate surface area is 73.6 Å². The fourth-order valence-electron chi connectivity index (χ4n) is 1.10. The van der Waals surface area contributed by atoms with E-state index in [0.29, 0.717) is 5.92 Å². The Balaban J connectivity index is 2.63. The van der Waals surface area contributed by atoms with Crippen LogP contribution in [0.25, 0.3) is 0 Å². The zero-order chi connectivity index (χ0) is 8.97. The maximum absolute atomic E-state index is 4.31. The summed E-state index contributed by atoms with van der Waals surface area (Å²) in [6, 6.07) is 0. The molecule has 1 rings (SSSR count). The van der Waals surface area contributed by atoms with Crippen molar-refractivity contribution in [1.29, 1.82) is 0 Å². The number of hydrogen-bond donors (Lipinski definition) is 2. The monoisotopic (exact) mass is 167 g/mol. The number of aromatic amines is 1. The van der Waals surface area contributed by atoms with Crippen LogP contribution >= 0.6 is 0 Å². The topological polar surface area (TPSA) is 40.7 Å². The fraction of sp³-hybridized carbons (Fsp3) is 0.667. The SMILES string of the molecule is CCC(C)c1ncc(CNC)[nH]1. The number of imidazole rings is 1. The first-order valence-electron chi connectivity index (χ1n) is 4.46. The van der Waals surface area contributed by atoms with Crippen molar-refractivity contribution in [2.45, 2.75) is 32.7 Å². The van der Waals surface area contributed by atoms with Crippen LogP contribution < -0.4 is 5.32 Å². The normalized spacial score (nSPS) is 13.2. The lowest BCUT2D eigenvalue weighted by Crippen LogP contribution is -2.05. The highest BCUT2D eigenvalue weighted by molar-refractivity contribution is 5.04. The van der Waals surface area contributed by atoms with Crippen LogP contribution in [0.5, 0.6) is 0 Å². The third-order valence-corrected chi connectivity index (χ3v) is 2.09. The third-order valence-electron chi connectivity index (χ3n) is 2.09. The second kappa shape index (κ2) is 4.26. The molecular weight excluding hydrogens is 150 g/mol. The molecule has 0 saturated carbocycles. The van der Waals surface area contributed by atoms with Gasteiger partial charge in [0.05, 0.1) is 0 Å². The highest BCUT2D eigenvalue weighted by atomic mass is 15.0. The van der Waals surface area contributed by atoms with E-state index in [4.69, 9.17) is 0 Å². The molecule has 1 heterocycles. The molecular formula is C9H17N3. The van der Waals surface area contributed by atoms with Gasteiger partial charge in [-0.15, -0.1) is 0 Å². The molecule has 3 nitrogen and oxygen atoms in total. The van der Waals surface area contributed by atoms with Gasteiger partial charge in [-0.3, -0.25) is 0 Å². The smallest absolute Gasteiger partial charge is 0.109 e. The van der Waals surface area contributed by atoms with E-state index in [1.165, 1.54) is 0 Å². The van der Waals surface area contributed by atoms with E-state index in [2.05, 4.69) is 29.1 Å². The first-order valence-corrected chi connectivity index (χ1v) is 4.46. The van der Waals surface area contributed by atoms with Crippen molar-refractivity contribution < 1.29 is 0 Å². The maximum atomic E-state index is 4.31. The highest BCUT2D eigenvalue weighted by Gasteiger charge is 2.06. The second-order valence-electron chi connectivity index (χ2n) is 3.13. The summed E-state index contributed by atoms with van der Waals surface area (Å²) in [5, 5.41) is 3.08. The van der Waals surface area contributed by atoms with E-state index < -0.39 is 0 Å². The molecule has 1 unspecified atom stereocenters. The minimum absolute atomic E-state index is 0.538. The fourth-order valence-corrected chi connectivity index (χ4v) is 1.10. The van der Waals surface area contributed by atoms with Gasteiger partial charge in [-0.25, -0.2) is 4.98 Å². The van der Waals surface area contributed by atoms with E-state index in [-0.39, 0.29) is 0 Å². The minimum atomic E-state index is 0.538. The molecule has 0 fully saturated rings. The van der Waals surface area contributed by atoms with E-state index in [0.717, 1.165) is 24.5 Å². The summed E-state index contributed by atoms with van der Waals surface area (Å²) in [4.78, 5) is 7.60. The Kier molecular flexibility index (Phi) is 3.29. The van der Waals surface area contributed by atoms with Crippen molar-refractivity contribution in [2.24, 2.45) is 0 Å². The number of aromatic nitrogens is 2. The minimum Gasteiger partial charge on any atom is -0.345 e.